The van der Waals surface area contributed by atoms with Crippen molar-refractivity contribution in [3.63, 3.8) is 0 Å². The normalized spacial score (nSPS) is 11.8. The largest absolute Gasteiger partial charge is 0.332 e. The predicted molar refractivity (Wildman–Crippen MR) is 101 cm³/mol. The summed E-state index contributed by atoms with van der Waals surface area (Å²) in [4.78, 5) is 0. The SMILES string of the molecule is CCC(C)c1ccc(NC(=S)Nc2ccc(C)c(C)c2)cc1. The molecular weight excluding hydrogens is 288 g/mol. The lowest BCUT2D eigenvalue weighted by molar-refractivity contribution is 0.734. The van der Waals surface area contributed by atoms with Crippen molar-refractivity contribution >= 4 is 28.7 Å². The second kappa shape index (κ2) is 7.41. The first-order valence-corrected chi connectivity index (χ1v) is 8.15. The molecule has 0 amide bonds. The Labute approximate surface area is 139 Å². The van der Waals surface area contributed by atoms with Crippen molar-refractivity contribution in [2.24, 2.45) is 0 Å². The van der Waals surface area contributed by atoms with Gasteiger partial charge in [0.15, 0.2) is 5.11 Å². The minimum Gasteiger partial charge on any atom is -0.332 e. The Morgan fingerprint density at radius 3 is 2.14 bits per heavy atom. The molecule has 2 N–H and O–H groups in total. The van der Waals surface area contributed by atoms with E-state index in [0.717, 1.165) is 17.8 Å². The molecule has 2 rings (SSSR count). The van der Waals surface area contributed by atoms with Crippen LogP contribution in [0.1, 0.15) is 42.9 Å². The highest BCUT2D eigenvalue weighted by molar-refractivity contribution is 7.80. The van der Waals surface area contributed by atoms with Gasteiger partial charge in [-0.05, 0) is 79.4 Å². The van der Waals surface area contributed by atoms with Crippen molar-refractivity contribution in [2.45, 2.75) is 40.0 Å². The second-order valence-corrected chi connectivity index (χ2v) is 6.22. The van der Waals surface area contributed by atoms with Gasteiger partial charge in [-0.1, -0.05) is 32.0 Å². The first kappa shape index (κ1) is 16.5. The van der Waals surface area contributed by atoms with Crippen LogP contribution in [-0.4, -0.2) is 5.11 Å². The number of benzene rings is 2. The van der Waals surface area contributed by atoms with Gasteiger partial charge in [-0.3, -0.25) is 0 Å². The molecule has 3 heteroatoms. The van der Waals surface area contributed by atoms with Crippen molar-refractivity contribution in [1.29, 1.82) is 0 Å². The van der Waals surface area contributed by atoms with Crippen LogP contribution in [0.2, 0.25) is 0 Å². The standard InChI is InChI=1S/C19H24N2S/c1-5-13(2)16-7-10-17(11-8-16)20-19(22)21-18-9-6-14(3)15(4)12-18/h6-13H,5H2,1-4H3,(H2,20,21,22). The van der Waals surface area contributed by atoms with E-state index in [4.69, 9.17) is 12.2 Å². The molecule has 0 radical (unpaired) electrons. The maximum atomic E-state index is 5.38. The minimum atomic E-state index is 0.592. The zero-order chi connectivity index (χ0) is 16.1. The Kier molecular flexibility index (Phi) is 5.56. The van der Waals surface area contributed by atoms with Crippen molar-refractivity contribution < 1.29 is 0 Å². The van der Waals surface area contributed by atoms with Crippen LogP contribution in [0.25, 0.3) is 0 Å². The van der Waals surface area contributed by atoms with Crippen LogP contribution in [0.15, 0.2) is 42.5 Å². The van der Waals surface area contributed by atoms with Crippen LogP contribution in [0.4, 0.5) is 11.4 Å². The van der Waals surface area contributed by atoms with Crippen molar-refractivity contribution in [1.82, 2.24) is 0 Å². The Morgan fingerprint density at radius 2 is 1.55 bits per heavy atom. The third-order valence-electron chi connectivity index (χ3n) is 4.11. The maximum Gasteiger partial charge on any atom is 0.175 e. The third kappa shape index (κ3) is 4.31. The summed E-state index contributed by atoms with van der Waals surface area (Å²) in [5.41, 5.74) is 5.92. The van der Waals surface area contributed by atoms with Crippen LogP contribution >= 0.6 is 12.2 Å². The highest BCUT2D eigenvalue weighted by Gasteiger charge is 2.04. The van der Waals surface area contributed by atoms with Crippen molar-refractivity contribution in [3.8, 4) is 0 Å². The molecule has 0 aliphatic rings. The summed E-state index contributed by atoms with van der Waals surface area (Å²) in [7, 11) is 0. The van der Waals surface area contributed by atoms with E-state index >= 15 is 0 Å². The smallest absolute Gasteiger partial charge is 0.175 e. The molecule has 0 aromatic heterocycles. The Balaban J connectivity index is 1.98. The third-order valence-corrected chi connectivity index (χ3v) is 4.32. The fraction of sp³-hybridized carbons (Fsp3) is 0.316. The Morgan fingerprint density at radius 1 is 0.955 bits per heavy atom. The molecule has 2 aromatic carbocycles. The molecule has 2 aromatic rings. The zero-order valence-electron chi connectivity index (χ0n) is 13.7. The Hall–Kier alpha value is -1.87. The van der Waals surface area contributed by atoms with Gasteiger partial charge in [0.1, 0.15) is 0 Å². The maximum absolute atomic E-state index is 5.38. The van der Waals surface area contributed by atoms with Crippen LogP contribution in [0.3, 0.4) is 0 Å². The summed E-state index contributed by atoms with van der Waals surface area (Å²) in [5.74, 6) is 0.592. The van der Waals surface area contributed by atoms with Crippen molar-refractivity contribution in [3.05, 3.63) is 59.2 Å². The summed E-state index contributed by atoms with van der Waals surface area (Å²) in [5, 5.41) is 7.07. The van der Waals surface area contributed by atoms with Gasteiger partial charge in [-0.2, -0.15) is 0 Å². The van der Waals surface area contributed by atoms with Crippen LogP contribution < -0.4 is 10.6 Å². The van der Waals surface area contributed by atoms with E-state index in [0.29, 0.717) is 11.0 Å². The highest BCUT2D eigenvalue weighted by Crippen LogP contribution is 2.21. The number of thiocarbonyl (C=S) groups is 1. The fourth-order valence-corrected chi connectivity index (χ4v) is 2.48. The van der Waals surface area contributed by atoms with Crippen LogP contribution in [-0.2, 0) is 0 Å². The van der Waals surface area contributed by atoms with Gasteiger partial charge in [0.05, 0.1) is 0 Å². The number of hydrogen-bond acceptors (Lipinski definition) is 1. The van der Waals surface area contributed by atoms with E-state index in [2.05, 4.69) is 74.7 Å². The lowest BCUT2D eigenvalue weighted by Crippen LogP contribution is -2.19. The molecule has 22 heavy (non-hydrogen) atoms. The van der Waals surface area contributed by atoms with Gasteiger partial charge in [0.2, 0.25) is 0 Å². The molecule has 0 saturated carbocycles. The van der Waals surface area contributed by atoms with E-state index in [1.165, 1.54) is 16.7 Å². The topological polar surface area (TPSA) is 24.1 Å². The zero-order valence-corrected chi connectivity index (χ0v) is 14.6. The Bertz CT molecular complexity index is 647. The second-order valence-electron chi connectivity index (χ2n) is 5.81. The van der Waals surface area contributed by atoms with Gasteiger partial charge in [-0.15, -0.1) is 0 Å². The van der Waals surface area contributed by atoms with Crippen LogP contribution in [0, 0.1) is 13.8 Å². The monoisotopic (exact) mass is 312 g/mol. The fourth-order valence-electron chi connectivity index (χ4n) is 2.24. The van der Waals surface area contributed by atoms with Gasteiger partial charge in [-0.25, -0.2) is 0 Å². The first-order chi connectivity index (χ1) is 10.5. The molecule has 0 fully saturated rings. The lowest BCUT2D eigenvalue weighted by atomic mass is 9.99. The first-order valence-electron chi connectivity index (χ1n) is 7.74. The molecule has 0 heterocycles. The van der Waals surface area contributed by atoms with Gasteiger partial charge in [0.25, 0.3) is 0 Å². The molecule has 1 atom stereocenters. The quantitative estimate of drug-likeness (QED) is 0.716. The van der Waals surface area contributed by atoms with Crippen molar-refractivity contribution in [2.75, 3.05) is 10.6 Å². The predicted octanol–water partition coefficient (Wildman–Crippen LogP) is 5.63. The number of anilines is 2. The molecule has 0 aliphatic heterocycles. The molecular formula is C19H24N2S. The average molecular weight is 312 g/mol. The average Bonchev–Trinajstić information content (AvgIpc) is 2.51. The molecule has 0 bridgehead atoms. The van der Waals surface area contributed by atoms with E-state index in [-0.39, 0.29) is 0 Å². The molecule has 0 aliphatic carbocycles. The van der Waals surface area contributed by atoms with Gasteiger partial charge in [0, 0.05) is 11.4 Å². The summed E-state index contributed by atoms with van der Waals surface area (Å²) in [6.07, 6.45) is 1.15. The molecule has 0 spiro atoms. The van der Waals surface area contributed by atoms with Gasteiger partial charge < -0.3 is 10.6 Å². The number of hydrogen-bond donors (Lipinski definition) is 2. The van der Waals surface area contributed by atoms with E-state index < -0.39 is 0 Å². The number of aryl methyl sites for hydroxylation is 2. The summed E-state index contributed by atoms with van der Waals surface area (Å²) in [6, 6.07) is 14.7. The minimum absolute atomic E-state index is 0.592. The highest BCUT2D eigenvalue weighted by atomic mass is 32.1. The number of nitrogens with one attached hydrogen (secondary N) is 2. The van der Waals surface area contributed by atoms with E-state index in [1.807, 2.05) is 6.07 Å². The van der Waals surface area contributed by atoms with Crippen LogP contribution in [0.5, 0.6) is 0 Å². The number of rotatable bonds is 4. The molecule has 2 nitrogen and oxygen atoms in total. The summed E-state index contributed by atoms with van der Waals surface area (Å²) >= 11 is 5.38. The molecule has 1 unspecified atom stereocenters. The lowest BCUT2D eigenvalue weighted by Gasteiger charge is -2.13. The summed E-state index contributed by atoms with van der Waals surface area (Å²) in [6.45, 7) is 8.66. The van der Waals surface area contributed by atoms with E-state index in [1.54, 1.807) is 0 Å². The van der Waals surface area contributed by atoms with E-state index in [9.17, 15) is 0 Å². The van der Waals surface area contributed by atoms with Gasteiger partial charge >= 0.3 is 0 Å². The molecule has 0 saturated heterocycles. The summed E-state index contributed by atoms with van der Waals surface area (Å²) < 4.78 is 0. The molecule has 116 valence electrons.